The van der Waals surface area contributed by atoms with Crippen LogP contribution in [0.5, 0.6) is 0 Å². The van der Waals surface area contributed by atoms with Crippen molar-refractivity contribution in [3.63, 3.8) is 0 Å². The van der Waals surface area contributed by atoms with Crippen LogP contribution < -0.4 is 0 Å². The minimum atomic E-state index is 0. The van der Waals surface area contributed by atoms with Gasteiger partial charge in [0.1, 0.15) is 0 Å². The van der Waals surface area contributed by atoms with Crippen LogP contribution in [0.3, 0.4) is 0 Å². The van der Waals surface area contributed by atoms with Gasteiger partial charge in [0.2, 0.25) is 0 Å². The van der Waals surface area contributed by atoms with Crippen LogP contribution in [0.4, 0.5) is 0 Å². The van der Waals surface area contributed by atoms with Crippen molar-refractivity contribution in [2.24, 2.45) is 0 Å². The molecule has 4 heteroatoms. The summed E-state index contributed by atoms with van der Waals surface area (Å²) in [6, 6.07) is 0. The van der Waals surface area contributed by atoms with Crippen LogP contribution in [-0.4, -0.2) is 22.1 Å². The molecule has 1 rings (SSSR count). The predicted octanol–water partition coefficient (Wildman–Crippen LogP) is 1.17. The normalized spacial score (nSPS) is 20.2. The van der Waals surface area contributed by atoms with Crippen molar-refractivity contribution in [1.29, 1.82) is 0 Å². The second-order valence-electron chi connectivity index (χ2n) is 1.64. The molecule has 50 valence electrons. The fourth-order valence-corrected chi connectivity index (χ4v) is 2.55. The number of nitrogens with zero attached hydrogens (tertiary/aromatic N) is 1. The van der Waals surface area contributed by atoms with Gasteiger partial charge >= 0.3 is 64.9 Å². The Hall–Kier alpha value is 1.92. The van der Waals surface area contributed by atoms with Gasteiger partial charge in [-0.05, 0) is 0 Å². The van der Waals surface area contributed by atoms with E-state index in [2.05, 4.69) is 5.32 Å². The van der Waals surface area contributed by atoms with E-state index in [9.17, 15) is 0 Å². The third kappa shape index (κ3) is 5.22. The fourth-order valence-electron chi connectivity index (χ4n) is 0.575. The van der Waals surface area contributed by atoms with Crippen molar-refractivity contribution < 1.29 is 50.5 Å². The summed E-state index contributed by atoms with van der Waals surface area (Å²) in [5.41, 5.74) is 0. The molecule has 1 aliphatic heterocycles. The molecule has 0 aromatic heterocycles. The summed E-state index contributed by atoms with van der Waals surface area (Å²) in [5.74, 6) is 2.53. The molecule has 0 saturated carbocycles. The Balaban J connectivity index is 0.000000640. The minimum absolute atomic E-state index is 0. The summed E-state index contributed by atoms with van der Waals surface area (Å²) in [7, 11) is 0. The Morgan fingerprint density at radius 2 is 2.22 bits per heavy atom. The van der Waals surface area contributed by atoms with Crippen molar-refractivity contribution in [2.75, 3.05) is 18.1 Å². The second-order valence-corrected chi connectivity index (χ2v) is 4.56. The maximum atomic E-state index is 4.36. The van der Waals surface area contributed by atoms with Gasteiger partial charge in [0.25, 0.3) is 0 Å². The first-order valence-corrected chi connectivity index (χ1v) is 5.30. The predicted molar refractivity (Wildman–Crippen MR) is 35.2 cm³/mol. The molecule has 0 aromatic rings. The van der Waals surface area contributed by atoms with E-state index < -0.39 is 0 Å². The molecule has 9 heavy (non-hydrogen) atoms. The van der Waals surface area contributed by atoms with Crippen LogP contribution in [0.15, 0.2) is 0 Å². The molecule has 1 fully saturated rings. The number of rotatable bonds is 0. The SMILES string of the molecule is [U].[W]=[C]1CCSCC[N-]1. The third-order valence-electron chi connectivity index (χ3n) is 0.984. The van der Waals surface area contributed by atoms with Gasteiger partial charge in [0, 0.05) is 31.1 Å². The summed E-state index contributed by atoms with van der Waals surface area (Å²) in [4.78, 5) is 0. The Morgan fingerprint density at radius 1 is 1.44 bits per heavy atom. The Labute approximate surface area is 94.9 Å². The molecule has 0 amide bonds. The molecule has 1 aliphatic rings. The van der Waals surface area contributed by atoms with Gasteiger partial charge in [-0.3, -0.25) is 0 Å². The quantitative estimate of drug-likeness (QED) is 0.454. The zero-order chi connectivity index (χ0) is 5.82. The van der Waals surface area contributed by atoms with Gasteiger partial charge in [0.15, 0.2) is 0 Å². The molecule has 0 aliphatic carbocycles. The zero-order valence-corrected chi connectivity index (χ0v) is 13.0. The van der Waals surface area contributed by atoms with Gasteiger partial charge in [-0.2, -0.15) is 0 Å². The van der Waals surface area contributed by atoms with Crippen LogP contribution in [0.1, 0.15) is 6.42 Å². The molecule has 0 unspecified atom stereocenters. The third-order valence-corrected chi connectivity index (χ3v) is 3.15. The van der Waals surface area contributed by atoms with Crippen molar-refractivity contribution in [2.45, 2.75) is 6.42 Å². The Morgan fingerprint density at radius 3 is 3.00 bits per heavy atom. The van der Waals surface area contributed by atoms with E-state index in [0.29, 0.717) is 0 Å². The van der Waals surface area contributed by atoms with Crippen molar-refractivity contribution >= 4 is 15.8 Å². The molecule has 0 aromatic carbocycles. The summed E-state index contributed by atoms with van der Waals surface area (Å²) < 4.78 is 1.41. The van der Waals surface area contributed by atoms with E-state index in [4.69, 9.17) is 0 Å². The van der Waals surface area contributed by atoms with E-state index in [1.54, 1.807) is 19.4 Å². The van der Waals surface area contributed by atoms with E-state index >= 15 is 0 Å². The van der Waals surface area contributed by atoms with E-state index in [1.165, 1.54) is 21.9 Å². The summed E-state index contributed by atoms with van der Waals surface area (Å²) >= 11 is 3.58. The first-order valence-electron chi connectivity index (χ1n) is 2.67. The van der Waals surface area contributed by atoms with E-state index in [0.717, 1.165) is 6.54 Å². The first-order chi connectivity index (χ1) is 3.89. The zero-order valence-electron chi connectivity index (χ0n) is 5.09. The van der Waals surface area contributed by atoms with Gasteiger partial charge < -0.3 is 0 Å². The second kappa shape index (κ2) is 6.62. The van der Waals surface area contributed by atoms with E-state index in [-0.39, 0.29) is 31.1 Å². The van der Waals surface area contributed by atoms with E-state index in [1.807, 2.05) is 11.8 Å². The van der Waals surface area contributed by atoms with Crippen LogP contribution >= 0.6 is 11.8 Å². The number of hydrogen-bond donors (Lipinski definition) is 0. The van der Waals surface area contributed by atoms with Crippen LogP contribution in [0.2, 0.25) is 0 Å². The van der Waals surface area contributed by atoms with Crippen LogP contribution in [0.25, 0.3) is 5.32 Å². The molecule has 0 bridgehead atoms. The van der Waals surface area contributed by atoms with Gasteiger partial charge in [0.05, 0.1) is 0 Å². The van der Waals surface area contributed by atoms with Gasteiger partial charge in [-0.15, -0.1) is 0 Å². The fraction of sp³-hybridized carbons (Fsp3) is 0.800. The first kappa shape index (κ1) is 10.9. The summed E-state index contributed by atoms with van der Waals surface area (Å²) in [5, 5.41) is 4.36. The van der Waals surface area contributed by atoms with Crippen molar-refractivity contribution in [1.82, 2.24) is 0 Å². The monoisotopic (exact) mass is 536 g/mol. The van der Waals surface area contributed by atoms with Crippen LogP contribution in [0, 0.1) is 31.1 Å². The molecule has 1 saturated heterocycles. The average molecular weight is 536 g/mol. The molecular formula is C5H8NSUW-. The topological polar surface area (TPSA) is 14.1 Å². The van der Waals surface area contributed by atoms with Gasteiger partial charge in [-0.1, -0.05) is 0 Å². The molecule has 0 N–H and O–H groups in total. The Bertz CT molecular complexity index is 89.0. The van der Waals surface area contributed by atoms with Crippen LogP contribution in [-0.2, 0) is 19.4 Å². The molecule has 1 nitrogen and oxygen atoms in total. The molecule has 0 radical (unpaired) electrons. The summed E-state index contributed by atoms with van der Waals surface area (Å²) in [6.45, 7) is 1.06. The average Bonchev–Trinajstić information content (AvgIpc) is 1.94. The molecular weight excluding hydrogens is 528 g/mol. The standard InChI is InChI=1S/C5H8NS.U.W/c1-2-6-3-5-7-4-1;;/h1,3-5H2;;/q-1;;. The summed E-state index contributed by atoms with van der Waals surface area (Å²) in [6.07, 6.45) is 1.24. The molecule has 0 spiro atoms. The van der Waals surface area contributed by atoms with Crippen molar-refractivity contribution in [3.8, 4) is 0 Å². The van der Waals surface area contributed by atoms with Crippen molar-refractivity contribution in [3.05, 3.63) is 5.32 Å². The molecule has 1 heterocycles. The number of thioether (sulfide) groups is 1. The Kier molecular flexibility index (Phi) is 8.03. The number of hydrogen-bond acceptors (Lipinski definition) is 1. The molecule has 0 atom stereocenters. The maximum absolute atomic E-state index is 4.36. The van der Waals surface area contributed by atoms with Gasteiger partial charge in [-0.25, -0.2) is 0 Å².